The van der Waals surface area contributed by atoms with Crippen molar-refractivity contribution in [2.24, 2.45) is 0 Å². The van der Waals surface area contributed by atoms with Crippen LogP contribution in [0.2, 0.25) is 0 Å². The molecule has 8 heteroatoms. The average Bonchev–Trinajstić information content (AvgIpc) is 2.50. The smallest absolute Gasteiger partial charge is 0.238 e. The molecule has 1 amide bonds. The SMILES string of the molecule is CN(CC(=O)N1C2CCNCC1CC2)S(C)(=O)=O.Cl. The summed E-state index contributed by atoms with van der Waals surface area (Å²) in [6.07, 6.45) is 4.15. The predicted molar refractivity (Wildman–Crippen MR) is 75.9 cm³/mol. The highest BCUT2D eigenvalue weighted by Gasteiger charge is 2.38. The van der Waals surface area contributed by atoms with Gasteiger partial charge < -0.3 is 10.2 Å². The number of hydrogen-bond donors (Lipinski definition) is 1. The van der Waals surface area contributed by atoms with E-state index >= 15 is 0 Å². The Kier molecular flexibility index (Phi) is 5.61. The summed E-state index contributed by atoms with van der Waals surface area (Å²) < 4.78 is 23.8. The second-order valence-corrected chi connectivity index (χ2v) is 7.29. The van der Waals surface area contributed by atoms with Gasteiger partial charge in [0, 0.05) is 25.7 Å². The van der Waals surface area contributed by atoms with Crippen molar-refractivity contribution in [3.8, 4) is 0 Å². The summed E-state index contributed by atoms with van der Waals surface area (Å²) in [5, 5.41) is 3.32. The third-order valence-electron chi connectivity index (χ3n) is 3.87. The van der Waals surface area contributed by atoms with Crippen molar-refractivity contribution in [3.63, 3.8) is 0 Å². The lowest BCUT2D eigenvalue weighted by molar-refractivity contribution is -0.133. The maximum atomic E-state index is 12.3. The third-order valence-corrected chi connectivity index (χ3v) is 5.13. The Labute approximate surface area is 121 Å². The normalized spacial score (nSPS) is 27.0. The minimum absolute atomic E-state index is 0. The first-order valence-corrected chi connectivity index (χ1v) is 8.17. The van der Waals surface area contributed by atoms with Gasteiger partial charge in [-0.25, -0.2) is 8.42 Å². The molecule has 0 aromatic carbocycles. The van der Waals surface area contributed by atoms with Crippen molar-refractivity contribution < 1.29 is 13.2 Å². The van der Waals surface area contributed by atoms with Crippen LogP contribution in [0.15, 0.2) is 0 Å². The number of carbonyl (C=O) groups is 1. The molecule has 0 radical (unpaired) electrons. The summed E-state index contributed by atoms with van der Waals surface area (Å²) in [6, 6.07) is 0.517. The van der Waals surface area contributed by atoms with Crippen molar-refractivity contribution in [2.75, 3.05) is 32.9 Å². The van der Waals surface area contributed by atoms with Crippen LogP contribution < -0.4 is 5.32 Å². The molecule has 19 heavy (non-hydrogen) atoms. The highest BCUT2D eigenvalue weighted by molar-refractivity contribution is 7.88. The molecule has 2 atom stereocenters. The van der Waals surface area contributed by atoms with E-state index < -0.39 is 10.0 Å². The Morgan fingerprint density at radius 3 is 2.58 bits per heavy atom. The van der Waals surface area contributed by atoms with Crippen molar-refractivity contribution in [3.05, 3.63) is 0 Å². The van der Waals surface area contributed by atoms with Gasteiger partial charge in [0.25, 0.3) is 0 Å². The van der Waals surface area contributed by atoms with Crippen molar-refractivity contribution in [1.82, 2.24) is 14.5 Å². The molecule has 0 aliphatic carbocycles. The van der Waals surface area contributed by atoms with Crippen LogP contribution in [0.3, 0.4) is 0 Å². The number of hydrogen-bond acceptors (Lipinski definition) is 4. The summed E-state index contributed by atoms with van der Waals surface area (Å²) in [5.41, 5.74) is 0. The number of fused-ring (bicyclic) bond motifs is 2. The molecular weight excluding hydrogens is 290 g/mol. The molecule has 0 aromatic rings. The quantitative estimate of drug-likeness (QED) is 0.774. The minimum Gasteiger partial charge on any atom is -0.334 e. The molecule has 112 valence electrons. The van der Waals surface area contributed by atoms with Crippen LogP contribution in [0.5, 0.6) is 0 Å². The Hall–Kier alpha value is -0.370. The standard InChI is InChI=1S/C11H21N3O3S.ClH/c1-13(18(2,16)17)8-11(15)14-9-3-4-10(14)7-12-6-5-9;/h9-10,12H,3-8H2,1-2H3;1H. The summed E-state index contributed by atoms with van der Waals surface area (Å²) in [7, 11) is -1.84. The molecule has 6 nitrogen and oxygen atoms in total. The lowest BCUT2D eigenvalue weighted by atomic mass is 10.1. The van der Waals surface area contributed by atoms with E-state index in [0.29, 0.717) is 0 Å². The highest BCUT2D eigenvalue weighted by atomic mass is 35.5. The van der Waals surface area contributed by atoms with Crippen LogP contribution in [-0.2, 0) is 14.8 Å². The third kappa shape index (κ3) is 3.81. The summed E-state index contributed by atoms with van der Waals surface area (Å²) in [4.78, 5) is 14.2. The van der Waals surface area contributed by atoms with Crippen LogP contribution in [0.1, 0.15) is 19.3 Å². The zero-order valence-electron chi connectivity index (χ0n) is 11.3. The van der Waals surface area contributed by atoms with Gasteiger partial charge in [0.2, 0.25) is 15.9 Å². The summed E-state index contributed by atoms with van der Waals surface area (Å²) in [6.45, 7) is 1.71. The molecule has 2 heterocycles. The zero-order chi connectivity index (χ0) is 13.3. The average molecular weight is 312 g/mol. The van der Waals surface area contributed by atoms with E-state index in [9.17, 15) is 13.2 Å². The molecule has 2 unspecified atom stereocenters. The van der Waals surface area contributed by atoms with Gasteiger partial charge in [-0.1, -0.05) is 0 Å². The number of rotatable bonds is 3. The minimum atomic E-state index is -3.29. The van der Waals surface area contributed by atoms with Crippen LogP contribution in [0.25, 0.3) is 0 Å². The van der Waals surface area contributed by atoms with Gasteiger partial charge in [0.15, 0.2) is 0 Å². The molecule has 0 spiro atoms. The molecule has 2 bridgehead atoms. The van der Waals surface area contributed by atoms with Crippen molar-refractivity contribution in [1.29, 1.82) is 0 Å². The van der Waals surface area contributed by atoms with Gasteiger partial charge in [-0.15, -0.1) is 12.4 Å². The lowest BCUT2D eigenvalue weighted by Crippen LogP contribution is -2.47. The van der Waals surface area contributed by atoms with Crippen LogP contribution in [0, 0.1) is 0 Å². The number of sulfonamides is 1. The number of carbonyl (C=O) groups excluding carboxylic acids is 1. The summed E-state index contributed by atoms with van der Waals surface area (Å²) >= 11 is 0. The van der Waals surface area contributed by atoms with E-state index in [0.717, 1.165) is 42.9 Å². The Morgan fingerprint density at radius 2 is 1.95 bits per heavy atom. The molecule has 0 aromatic heterocycles. The molecule has 0 saturated carbocycles. The molecule has 2 aliphatic heterocycles. The van der Waals surface area contributed by atoms with Crippen molar-refractivity contribution >= 4 is 28.3 Å². The first-order valence-electron chi connectivity index (χ1n) is 6.33. The van der Waals surface area contributed by atoms with Gasteiger partial charge in [0.05, 0.1) is 12.8 Å². The summed E-state index contributed by atoms with van der Waals surface area (Å²) in [5.74, 6) is -0.0703. The van der Waals surface area contributed by atoms with E-state index in [4.69, 9.17) is 0 Å². The Bertz CT molecular complexity index is 415. The molecule has 2 saturated heterocycles. The van der Waals surface area contributed by atoms with Crippen LogP contribution in [-0.4, -0.2) is 68.6 Å². The second-order valence-electron chi connectivity index (χ2n) is 5.20. The number of halogens is 1. The zero-order valence-corrected chi connectivity index (χ0v) is 13.0. The first kappa shape index (κ1) is 16.7. The number of nitrogens with one attached hydrogen (secondary N) is 1. The number of nitrogens with zero attached hydrogens (tertiary/aromatic N) is 2. The predicted octanol–water partition coefficient (Wildman–Crippen LogP) is -0.347. The lowest BCUT2D eigenvalue weighted by Gasteiger charge is -2.29. The maximum absolute atomic E-state index is 12.3. The molecule has 2 rings (SSSR count). The van der Waals surface area contributed by atoms with Crippen molar-refractivity contribution in [2.45, 2.75) is 31.3 Å². The molecule has 1 N–H and O–H groups in total. The molecule has 2 aliphatic rings. The monoisotopic (exact) mass is 311 g/mol. The highest BCUT2D eigenvalue weighted by Crippen LogP contribution is 2.28. The first-order chi connectivity index (χ1) is 8.39. The molecular formula is C11H22ClN3O3S. The van der Waals surface area contributed by atoms with Crippen LogP contribution in [0.4, 0.5) is 0 Å². The van der Waals surface area contributed by atoms with Gasteiger partial charge in [-0.05, 0) is 25.8 Å². The van der Waals surface area contributed by atoms with E-state index in [-0.39, 0.29) is 36.9 Å². The van der Waals surface area contributed by atoms with Gasteiger partial charge in [0.1, 0.15) is 0 Å². The fraction of sp³-hybridized carbons (Fsp3) is 0.909. The Balaban J connectivity index is 0.00000180. The fourth-order valence-electron chi connectivity index (χ4n) is 2.78. The van der Waals surface area contributed by atoms with E-state index in [1.807, 2.05) is 4.90 Å². The topological polar surface area (TPSA) is 69.7 Å². The number of likely N-dealkylation sites (N-methyl/N-ethyl adjacent to an activating group) is 1. The van der Waals surface area contributed by atoms with E-state index in [1.54, 1.807) is 0 Å². The molecule has 2 fully saturated rings. The van der Waals surface area contributed by atoms with Gasteiger partial charge >= 0.3 is 0 Å². The fourth-order valence-corrected chi connectivity index (χ4v) is 3.12. The van der Waals surface area contributed by atoms with E-state index in [1.165, 1.54) is 7.05 Å². The number of amides is 1. The van der Waals surface area contributed by atoms with Gasteiger partial charge in [-0.3, -0.25) is 4.79 Å². The van der Waals surface area contributed by atoms with E-state index in [2.05, 4.69) is 5.32 Å². The second kappa shape index (κ2) is 6.39. The largest absolute Gasteiger partial charge is 0.334 e. The maximum Gasteiger partial charge on any atom is 0.238 e. The van der Waals surface area contributed by atoms with Crippen LogP contribution >= 0.6 is 12.4 Å². The Morgan fingerprint density at radius 1 is 1.32 bits per heavy atom. The van der Waals surface area contributed by atoms with Gasteiger partial charge in [-0.2, -0.15) is 4.31 Å².